The number of aromatic amines is 1. The molecule has 4 heteroatoms. The quantitative estimate of drug-likeness (QED) is 0.509. The van der Waals surface area contributed by atoms with Gasteiger partial charge in [-0.1, -0.05) is 12.6 Å². The Morgan fingerprint density at radius 1 is 1.21 bits per heavy atom. The Morgan fingerprint density at radius 3 is 1.84 bits per heavy atom. The van der Waals surface area contributed by atoms with Gasteiger partial charge in [0.05, 0.1) is 0 Å². The van der Waals surface area contributed by atoms with Gasteiger partial charge < -0.3 is 15.2 Å². The van der Waals surface area contributed by atoms with E-state index in [1.54, 1.807) is 13.8 Å². The van der Waals surface area contributed by atoms with E-state index in [9.17, 15) is 0 Å². The summed E-state index contributed by atoms with van der Waals surface area (Å²) in [6.45, 7) is 7.87. The molecule has 0 unspecified atom stereocenters. The van der Waals surface area contributed by atoms with Crippen molar-refractivity contribution in [3.05, 3.63) is 47.8 Å². The van der Waals surface area contributed by atoms with E-state index in [0.29, 0.717) is 0 Å². The maximum atomic E-state index is 7.57. The van der Waals surface area contributed by atoms with Gasteiger partial charge in [-0.3, -0.25) is 6.08 Å². The molecular formula is C15H25NO2Ti. The second-order valence-corrected chi connectivity index (χ2v) is 3.36. The molecule has 3 N–H and O–H groups in total. The third-order valence-electron chi connectivity index (χ3n) is 1.48. The van der Waals surface area contributed by atoms with Crippen molar-refractivity contribution in [3.63, 3.8) is 0 Å². The topological polar surface area (TPSA) is 56.2 Å². The van der Waals surface area contributed by atoms with Crippen LogP contribution in [0.4, 0.5) is 0 Å². The molecule has 0 aromatic carbocycles. The predicted molar refractivity (Wildman–Crippen MR) is 76.2 cm³/mol. The van der Waals surface area contributed by atoms with Crippen molar-refractivity contribution in [2.45, 2.75) is 34.1 Å². The number of allylic oxidation sites excluding steroid dienone is 4. The smallest absolute Gasteiger partial charge is 0.456 e. The van der Waals surface area contributed by atoms with Crippen LogP contribution in [0.1, 0.15) is 31.7 Å². The molecule has 3 nitrogen and oxygen atoms in total. The average molecular weight is 299 g/mol. The number of aliphatic hydroxyl groups is 2. The van der Waals surface area contributed by atoms with E-state index in [2.05, 4.69) is 23.2 Å². The molecule has 1 aliphatic rings. The number of aliphatic hydroxyl groups excluding tert-OH is 2. The first kappa shape index (κ1) is 23.5. The molecule has 0 aliphatic heterocycles. The number of hydrogen-bond acceptors (Lipinski definition) is 2. The van der Waals surface area contributed by atoms with E-state index in [0.717, 1.165) is 12.1 Å². The molecule has 1 aromatic rings. The fourth-order valence-electron chi connectivity index (χ4n) is 0.925. The number of aryl methyl sites for hydroxylation is 2. The van der Waals surface area contributed by atoms with Crippen LogP contribution < -0.4 is 0 Å². The third kappa shape index (κ3) is 23.0. The van der Waals surface area contributed by atoms with Crippen molar-refractivity contribution in [2.24, 2.45) is 0 Å². The van der Waals surface area contributed by atoms with Crippen LogP contribution in [0.25, 0.3) is 0 Å². The molecule has 0 radical (unpaired) electrons. The summed E-state index contributed by atoms with van der Waals surface area (Å²) < 4.78 is 0. The first-order valence-corrected chi connectivity index (χ1v) is 6.09. The molecular weight excluding hydrogens is 274 g/mol. The Labute approximate surface area is 132 Å². The summed E-state index contributed by atoms with van der Waals surface area (Å²) in [4.78, 5) is 3.08. The maximum Gasteiger partial charge on any atom is 2.00 e. The minimum absolute atomic E-state index is 0. The van der Waals surface area contributed by atoms with Crippen molar-refractivity contribution < 1.29 is 31.9 Å². The summed E-state index contributed by atoms with van der Waals surface area (Å²) in [6, 6.07) is 4.95. The number of nitrogens with one attached hydrogen (secondary N) is 1. The van der Waals surface area contributed by atoms with Gasteiger partial charge in [-0.15, -0.1) is 12.1 Å². The monoisotopic (exact) mass is 299 g/mol. The van der Waals surface area contributed by atoms with E-state index in [4.69, 9.17) is 10.2 Å². The Bertz CT molecular complexity index is 291. The number of hydrogen-bond donors (Lipinski definition) is 3. The zero-order valence-corrected chi connectivity index (χ0v) is 13.9. The van der Waals surface area contributed by atoms with E-state index >= 15 is 0 Å². The van der Waals surface area contributed by atoms with E-state index in [-0.39, 0.29) is 34.9 Å². The van der Waals surface area contributed by atoms with Crippen molar-refractivity contribution >= 4 is 0 Å². The molecule has 0 saturated carbocycles. The summed E-state index contributed by atoms with van der Waals surface area (Å²) in [5, 5.41) is 15.1. The summed E-state index contributed by atoms with van der Waals surface area (Å²) in [7, 11) is 0. The minimum Gasteiger partial charge on any atom is -0.456 e. The average Bonchev–Trinajstić information content (AvgIpc) is 2.95. The van der Waals surface area contributed by atoms with Crippen molar-refractivity contribution in [1.29, 1.82) is 0 Å². The molecule has 0 bridgehead atoms. The van der Waals surface area contributed by atoms with Gasteiger partial charge in [0.1, 0.15) is 0 Å². The number of H-pyrrole nitrogens is 1. The van der Waals surface area contributed by atoms with Crippen molar-refractivity contribution in [1.82, 2.24) is 4.98 Å². The van der Waals surface area contributed by atoms with Crippen LogP contribution in [0.5, 0.6) is 0 Å². The Kier molecular flexibility index (Phi) is 24.4. The molecule has 0 saturated heterocycles. The normalized spacial score (nSPS) is 10.0. The Morgan fingerprint density at radius 2 is 1.74 bits per heavy atom. The van der Waals surface area contributed by atoms with E-state index < -0.39 is 0 Å². The van der Waals surface area contributed by atoms with Gasteiger partial charge in [-0.05, 0) is 20.8 Å². The van der Waals surface area contributed by atoms with Gasteiger partial charge in [0.15, 0.2) is 0 Å². The molecule has 1 aromatic heterocycles. The first-order valence-electron chi connectivity index (χ1n) is 6.09. The van der Waals surface area contributed by atoms with Gasteiger partial charge >= 0.3 is 21.7 Å². The summed E-state index contributed by atoms with van der Waals surface area (Å²) in [5.74, 6) is 0. The minimum atomic E-state index is 0. The Hall–Kier alpha value is -0.606. The summed E-state index contributed by atoms with van der Waals surface area (Å²) in [6.07, 6.45) is 10.0. The van der Waals surface area contributed by atoms with Crippen LogP contribution in [-0.4, -0.2) is 28.4 Å². The molecule has 0 fully saturated rings. The number of aromatic nitrogens is 1. The van der Waals surface area contributed by atoms with Crippen LogP contribution in [0.2, 0.25) is 0 Å². The largest absolute Gasteiger partial charge is 2.00 e. The first-order chi connectivity index (χ1) is 8.62. The molecule has 0 spiro atoms. The Balaban J connectivity index is -0.000000190. The molecule has 2 rings (SSSR count). The van der Waals surface area contributed by atoms with Gasteiger partial charge in [0.2, 0.25) is 0 Å². The number of rotatable bonds is 0. The molecule has 106 valence electrons. The molecule has 0 amide bonds. The predicted octanol–water partition coefficient (Wildman–Crippen LogP) is 2.73. The molecule has 19 heavy (non-hydrogen) atoms. The fraction of sp³-hybridized carbons (Fsp3) is 0.467. The van der Waals surface area contributed by atoms with Crippen LogP contribution >= 0.6 is 0 Å². The third-order valence-corrected chi connectivity index (χ3v) is 1.48. The maximum absolute atomic E-state index is 7.57. The molecule has 1 heterocycles. The molecule has 1 aliphatic carbocycles. The van der Waals surface area contributed by atoms with E-state index in [1.165, 1.54) is 5.69 Å². The zero-order chi connectivity index (χ0) is 14.2. The van der Waals surface area contributed by atoms with Crippen molar-refractivity contribution in [3.8, 4) is 0 Å². The van der Waals surface area contributed by atoms with Gasteiger partial charge in [0.25, 0.3) is 0 Å². The fourth-order valence-corrected chi connectivity index (χ4v) is 0.925. The second kappa shape index (κ2) is 19.7. The van der Waals surface area contributed by atoms with Crippen LogP contribution in [0.15, 0.2) is 24.3 Å². The van der Waals surface area contributed by atoms with Gasteiger partial charge in [-0.2, -0.15) is 6.08 Å². The van der Waals surface area contributed by atoms with E-state index in [1.807, 2.05) is 32.1 Å². The van der Waals surface area contributed by atoms with Crippen LogP contribution in [0, 0.1) is 26.0 Å². The second-order valence-electron chi connectivity index (χ2n) is 3.36. The van der Waals surface area contributed by atoms with Crippen LogP contribution in [-0.2, 0) is 21.7 Å². The summed E-state index contributed by atoms with van der Waals surface area (Å²) in [5.41, 5.74) is 2.29. The summed E-state index contributed by atoms with van der Waals surface area (Å²) >= 11 is 0. The van der Waals surface area contributed by atoms with Crippen LogP contribution in [0.3, 0.4) is 0 Å². The van der Waals surface area contributed by atoms with Gasteiger partial charge in [0, 0.05) is 13.2 Å². The van der Waals surface area contributed by atoms with Crippen molar-refractivity contribution in [2.75, 3.05) is 13.2 Å². The standard InChI is InChI=1S/C6H8N.C5H5.2C2H6O.Ti/c1-5-3-4-6(2)7-5;1-2-4-5-3-1;2*1-2-3;/h3,7H,1-2H3;1-3H,4H2;2*3H,2H2,1H3;/q2*-1;;;+2. The molecule has 0 atom stereocenters. The SMILES string of the molecule is CCO.CCO.Cc1[c-]cc(C)[nH]1.[C-]1=CC=CC1.[Ti+2]. The zero-order valence-electron chi connectivity index (χ0n) is 12.3. The van der Waals surface area contributed by atoms with Gasteiger partial charge in [-0.25, -0.2) is 24.3 Å².